The van der Waals surface area contributed by atoms with Gasteiger partial charge in [-0.2, -0.15) is 0 Å². The summed E-state index contributed by atoms with van der Waals surface area (Å²) in [6, 6.07) is 8.19. The number of hydrogen-bond acceptors (Lipinski definition) is 2. The molecule has 2 unspecified atom stereocenters. The van der Waals surface area contributed by atoms with Gasteiger partial charge in [0.15, 0.2) is 0 Å². The fraction of sp³-hybridized carbons (Fsp3) is 0.438. The van der Waals surface area contributed by atoms with Crippen molar-refractivity contribution in [2.24, 2.45) is 0 Å². The minimum Gasteiger partial charge on any atom is -0.361 e. The van der Waals surface area contributed by atoms with Crippen molar-refractivity contribution in [1.82, 2.24) is 10.3 Å². The summed E-state index contributed by atoms with van der Waals surface area (Å²) in [5.41, 5.74) is 2.39. The largest absolute Gasteiger partial charge is 0.361 e. The predicted octanol–water partition coefficient (Wildman–Crippen LogP) is 2.37. The molecule has 0 spiro atoms. The van der Waals surface area contributed by atoms with Crippen LogP contribution in [0, 0.1) is 0 Å². The first-order chi connectivity index (χ1) is 10.1. The van der Waals surface area contributed by atoms with Crippen molar-refractivity contribution >= 4 is 27.6 Å². The molecular weight excluding hydrogens is 284 g/mol. The molecule has 5 heteroatoms. The van der Waals surface area contributed by atoms with Gasteiger partial charge in [-0.05, 0) is 31.4 Å². The Hall–Kier alpha value is -1.62. The maximum Gasteiger partial charge on any atom is 0.220 e. The Morgan fingerprint density at radius 1 is 1.38 bits per heavy atom. The summed E-state index contributed by atoms with van der Waals surface area (Å²) in [5, 5.41) is 4.07. The number of H-pyrrole nitrogens is 1. The number of amides is 1. The Balaban J connectivity index is 1.76. The van der Waals surface area contributed by atoms with Crippen LogP contribution in [-0.4, -0.2) is 33.2 Å². The highest BCUT2D eigenvalue weighted by atomic mass is 32.2. The molecule has 1 amide bonds. The Morgan fingerprint density at radius 2 is 2.14 bits per heavy atom. The first-order valence-electron chi connectivity index (χ1n) is 7.22. The molecule has 1 aromatic heterocycles. The number of benzene rings is 1. The van der Waals surface area contributed by atoms with E-state index in [0.29, 0.717) is 13.0 Å². The van der Waals surface area contributed by atoms with Gasteiger partial charge in [0.05, 0.1) is 0 Å². The Labute approximate surface area is 127 Å². The van der Waals surface area contributed by atoms with Crippen molar-refractivity contribution in [3.05, 3.63) is 36.0 Å². The lowest BCUT2D eigenvalue weighted by molar-refractivity contribution is -0.121. The fourth-order valence-electron chi connectivity index (χ4n) is 2.24. The molecule has 4 nitrogen and oxygen atoms in total. The van der Waals surface area contributed by atoms with Crippen LogP contribution in [0.25, 0.3) is 10.9 Å². The molecule has 21 heavy (non-hydrogen) atoms. The van der Waals surface area contributed by atoms with Crippen LogP contribution in [0.3, 0.4) is 0 Å². The van der Waals surface area contributed by atoms with E-state index in [2.05, 4.69) is 22.4 Å². The zero-order valence-corrected chi connectivity index (χ0v) is 13.3. The number of aromatic nitrogens is 1. The first-order valence-corrected chi connectivity index (χ1v) is 8.84. The van der Waals surface area contributed by atoms with Crippen LogP contribution in [0.15, 0.2) is 30.5 Å². The molecule has 0 radical (unpaired) electrons. The number of fused-ring (bicyclic) bond motifs is 1. The van der Waals surface area contributed by atoms with Gasteiger partial charge in [0.1, 0.15) is 0 Å². The standard InChI is InChI=1S/C16H22N2O2S/c1-12(21(2)20)10-18-16(19)9-5-6-13-11-17-15-8-4-3-7-14(13)15/h3-4,7-8,11-12,17H,5-6,9-10H2,1-2H3,(H,18,19). The molecule has 0 saturated heterocycles. The molecule has 2 aromatic rings. The Bertz CT molecular complexity index is 636. The second kappa shape index (κ2) is 7.41. The van der Waals surface area contributed by atoms with Crippen LogP contribution in [0.1, 0.15) is 25.3 Å². The van der Waals surface area contributed by atoms with E-state index in [-0.39, 0.29) is 11.2 Å². The van der Waals surface area contributed by atoms with Gasteiger partial charge in [0, 0.05) is 52.4 Å². The monoisotopic (exact) mass is 306 g/mol. The van der Waals surface area contributed by atoms with Gasteiger partial charge in [-0.3, -0.25) is 9.00 Å². The third-order valence-electron chi connectivity index (χ3n) is 3.68. The summed E-state index contributed by atoms with van der Waals surface area (Å²) in [4.78, 5) is 15.0. The lowest BCUT2D eigenvalue weighted by Gasteiger charge is -2.09. The molecule has 0 bridgehead atoms. The molecule has 0 aliphatic rings. The van der Waals surface area contributed by atoms with E-state index < -0.39 is 10.8 Å². The second-order valence-electron chi connectivity index (χ2n) is 5.33. The smallest absolute Gasteiger partial charge is 0.220 e. The summed E-state index contributed by atoms with van der Waals surface area (Å²) in [7, 11) is -0.891. The topological polar surface area (TPSA) is 62.0 Å². The van der Waals surface area contributed by atoms with Crippen LogP contribution in [0.4, 0.5) is 0 Å². The zero-order valence-electron chi connectivity index (χ0n) is 12.5. The predicted molar refractivity (Wildman–Crippen MR) is 87.8 cm³/mol. The number of aromatic amines is 1. The number of carbonyl (C=O) groups is 1. The molecule has 2 rings (SSSR count). The van der Waals surface area contributed by atoms with Gasteiger partial charge in [-0.15, -0.1) is 0 Å². The van der Waals surface area contributed by atoms with E-state index in [1.54, 1.807) is 6.26 Å². The van der Waals surface area contributed by atoms with Crippen molar-refractivity contribution in [3.8, 4) is 0 Å². The Kier molecular flexibility index (Phi) is 5.56. The minimum absolute atomic E-state index is 0.00238. The van der Waals surface area contributed by atoms with Gasteiger partial charge in [-0.1, -0.05) is 18.2 Å². The van der Waals surface area contributed by atoms with Crippen LogP contribution in [-0.2, 0) is 22.0 Å². The molecule has 114 valence electrons. The maximum absolute atomic E-state index is 11.7. The van der Waals surface area contributed by atoms with Crippen LogP contribution in [0.2, 0.25) is 0 Å². The summed E-state index contributed by atoms with van der Waals surface area (Å²) >= 11 is 0. The molecule has 1 aromatic carbocycles. The SMILES string of the molecule is CC(CNC(=O)CCCc1c[nH]c2ccccc12)S(C)=O. The van der Waals surface area contributed by atoms with Crippen LogP contribution >= 0.6 is 0 Å². The molecule has 2 atom stereocenters. The number of aryl methyl sites for hydroxylation is 1. The lowest BCUT2D eigenvalue weighted by atomic mass is 10.1. The highest BCUT2D eigenvalue weighted by Crippen LogP contribution is 2.19. The number of nitrogens with one attached hydrogen (secondary N) is 2. The van der Waals surface area contributed by atoms with Crippen LogP contribution in [0.5, 0.6) is 0 Å². The third kappa shape index (κ3) is 4.43. The van der Waals surface area contributed by atoms with Crippen molar-refractivity contribution < 1.29 is 9.00 Å². The fourth-order valence-corrected chi connectivity index (χ4v) is 2.56. The third-order valence-corrected chi connectivity index (χ3v) is 4.98. The van der Waals surface area contributed by atoms with Gasteiger partial charge < -0.3 is 10.3 Å². The van der Waals surface area contributed by atoms with Crippen molar-refractivity contribution in [3.63, 3.8) is 0 Å². The average molecular weight is 306 g/mol. The number of para-hydroxylation sites is 1. The molecule has 1 heterocycles. The molecule has 0 aliphatic carbocycles. The molecule has 0 aliphatic heterocycles. The molecule has 0 saturated carbocycles. The summed E-state index contributed by atoms with van der Waals surface area (Å²) < 4.78 is 11.2. The average Bonchev–Trinajstić information content (AvgIpc) is 2.88. The van der Waals surface area contributed by atoms with E-state index >= 15 is 0 Å². The van der Waals surface area contributed by atoms with E-state index in [9.17, 15) is 9.00 Å². The number of hydrogen-bond donors (Lipinski definition) is 2. The number of rotatable bonds is 7. The summed E-state index contributed by atoms with van der Waals surface area (Å²) in [6.45, 7) is 2.36. The van der Waals surface area contributed by atoms with Gasteiger partial charge >= 0.3 is 0 Å². The van der Waals surface area contributed by atoms with Gasteiger partial charge in [-0.25, -0.2) is 0 Å². The lowest BCUT2D eigenvalue weighted by Crippen LogP contribution is -2.32. The zero-order chi connectivity index (χ0) is 15.2. The van der Waals surface area contributed by atoms with E-state index in [0.717, 1.165) is 18.4 Å². The normalized spacial score (nSPS) is 14.0. The molecular formula is C16H22N2O2S. The van der Waals surface area contributed by atoms with E-state index in [1.165, 1.54) is 10.9 Å². The number of carbonyl (C=O) groups excluding carboxylic acids is 1. The van der Waals surface area contributed by atoms with Gasteiger partial charge in [0.2, 0.25) is 5.91 Å². The van der Waals surface area contributed by atoms with Crippen LogP contribution < -0.4 is 5.32 Å². The quantitative estimate of drug-likeness (QED) is 0.825. The minimum atomic E-state index is -0.891. The first kappa shape index (κ1) is 15.8. The highest BCUT2D eigenvalue weighted by Gasteiger charge is 2.09. The van der Waals surface area contributed by atoms with Crippen molar-refractivity contribution in [2.75, 3.05) is 12.8 Å². The van der Waals surface area contributed by atoms with E-state index in [1.807, 2.05) is 25.3 Å². The summed E-state index contributed by atoms with van der Waals surface area (Å²) in [5.74, 6) is 0.0344. The Morgan fingerprint density at radius 3 is 2.90 bits per heavy atom. The highest BCUT2D eigenvalue weighted by molar-refractivity contribution is 7.84. The molecule has 0 fully saturated rings. The second-order valence-corrected chi connectivity index (χ2v) is 7.13. The maximum atomic E-state index is 11.7. The summed E-state index contributed by atoms with van der Waals surface area (Å²) in [6.07, 6.45) is 5.88. The van der Waals surface area contributed by atoms with Crippen molar-refractivity contribution in [2.45, 2.75) is 31.4 Å². The van der Waals surface area contributed by atoms with Crippen molar-refractivity contribution in [1.29, 1.82) is 0 Å². The molecule has 2 N–H and O–H groups in total. The van der Waals surface area contributed by atoms with E-state index in [4.69, 9.17) is 0 Å². The van der Waals surface area contributed by atoms with Gasteiger partial charge in [0.25, 0.3) is 0 Å².